The summed E-state index contributed by atoms with van der Waals surface area (Å²) in [6.45, 7) is 7.69. The highest BCUT2D eigenvalue weighted by Gasteiger charge is 2.20. The Morgan fingerprint density at radius 3 is 2.59 bits per heavy atom. The van der Waals surface area contributed by atoms with Crippen LogP contribution in [0.1, 0.15) is 31.7 Å². The highest BCUT2D eigenvalue weighted by Crippen LogP contribution is 2.28. The Bertz CT molecular complexity index is 685. The molecular weight excluding hydrogens is 364 g/mol. The van der Waals surface area contributed by atoms with Gasteiger partial charge >= 0.3 is 0 Å². The molecule has 7 nitrogen and oxygen atoms in total. The summed E-state index contributed by atoms with van der Waals surface area (Å²) in [6, 6.07) is 6.80. The van der Waals surface area contributed by atoms with Crippen molar-refractivity contribution in [3.8, 4) is 0 Å². The van der Waals surface area contributed by atoms with E-state index < -0.39 is 10.0 Å². The summed E-state index contributed by atoms with van der Waals surface area (Å²) in [7, 11) is -3.48. The molecule has 0 radical (unpaired) electrons. The average Bonchev–Trinajstić information content (AvgIpc) is 3.46. The predicted octanol–water partition coefficient (Wildman–Crippen LogP) is 1.65. The van der Waals surface area contributed by atoms with Crippen molar-refractivity contribution in [1.29, 1.82) is 0 Å². The van der Waals surface area contributed by atoms with Crippen LogP contribution in [0, 0.1) is 12.8 Å². The summed E-state index contributed by atoms with van der Waals surface area (Å²) in [5.74, 6) is 1.48. The number of benzene rings is 1. The van der Waals surface area contributed by atoms with Crippen molar-refractivity contribution in [2.75, 3.05) is 39.4 Å². The first kappa shape index (κ1) is 21.7. The number of rotatable bonds is 12. The standard InChI is InChI=1S/C19H32N4O3S/c1-3-20-19(21-11-4-14-26-15-17-7-8-17)22-12-13-23-27(24,25)18-9-5-16(2)6-10-18/h5-6,9-10,17,23H,3-4,7-8,11-15H2,1-2H3,(H2,20,21,22). The number of aryl methyl sites for hydroxylation is 1. The van der Waals surface area contributed by atoms with Crippen LogP contribution in [0.15, 0.2) is 34.2 Å². The lowest BCUT2D eigenvalue weighted by molar-refractivity contribution is 0.123. The monoisotopic (exact) mass is 396 g/mol. The third kappa shape index (κ3) is 8.73. The van der Waals surface area contributed by atoms with E-state index >= 15 is 0 Å². The molecule has 0 saturated heterocycles. The zero-order chi connectivity index (χ0) is 19.5. The molecule has 0 heterocycles. The topological polar surface area (TPSA) is 91.8 Å². The van der Waals surface area contributed by atoms with Crippen molar-refractivity contribution in [2.45, 2.75) is 38.0 Å². The molecule has 1 fully saturated rings. The van der Waals surface area contributed by atoms with E-state index in [4.69, 9.17) is 4.74 Å². The lowest BCUT2D eigenvalue weighted by Gasteiger charge is -2.12. The molecule has 0 aliphatic heterocycles. The highest BCUT2D eigenvalue weighted by molar-refractivity contribution is 7.89. The second-order valence-corrected chi connectivity index (χ2v) is 8.54. The fraction of sp³-hybridized carbons (Fsp3) is 0.632. The molecular formula is C19H32N4O3S. The quantitative estimate of drug-likeness (QED) is 0.284. The second kappa shape index (κ2) is 11.3. The van der Waals surface area contributed by atoms with Gasteiger partial charge in [-0.1, -0.05) is 17.7 Å². The van der Waals surface area contributed by atoms with Gasteiger partial charge in [-0.15, -0.1) is 0 Å². The number of hydrogen-bond donors (Lipinski definition) is 3. The van der Waals surface area contributed by atoms with Gasteiger partial charge in [-0.2, -0.15) is 0 Å². The molecule has 0 amide bonds. The molecule has 1 aliphatic carbocycles. The summed E-state index contributed by atoms with van der Waals surface area (Å²) >= 11 is 0. The van der Waals surface area contributed by atoms with Crippen molar-refractivity contribution in [1.82, 2.24) is 15.4 Å². The molecule has 0 spiro atoms. The first-order valence-corrected chi connectivity index (χ1v) is 11.2. The molecule has 2 rings (SSSR count). The zero-order valence-corrected chi connectivity index (χ0v) is 17.1. The fourth-order valence-electron chi connectivity index (χ4n) is 2.40. The minimum absolute atomic E-state index is 0.278. The number of nitrogens with one attached hydrogen (secondary N) is 3. The van der Waals surface area contributed by atoms with Gasteiger partial charge in [-0.05, 0) is 51.2 Å². The molecule has 152 valence electrons. The molecule has 1 aromatic rings. The molecule has 0 bridgehead atoms. The third-order valence-corrected chi connectivity index (χ3v) is 5.63. The number of sulfonamides is 1. The Hall–Kier alpha value is -1.64. The SMILES string of the molecule is CCNC(=NCCCOCC1CC1)NCCNS(=O)(=O)c1ccc(C)cc1. The minimum atomic E-state index is -3.48. The summed E-state index contributed by atoms with van der Waals surface area (Å²) in [5.41, 5.74) is 1.03. The summed E-state index contributed by atoms with van der Waals surface area (Å²) in [5, 5.41) is 6.30. The zero-order valence-electron chi connectivity index (χ0n) is 16.3. The molecule has 1 aromatic carbocycles. The fourth-order valence-corrected chi connectivity index (χ4v) is 3.43. The molecule has 0 unspecified atom stereocenters. The largest absolute Gasteiger partial charge is 0.381 e. The van der Waals surface area contributed by atoms with E-state index in [2.05, 4.69) is 20.3 Å². The number of ether oxygens (including phenoxy) is 1. The first-order valence-electron chi connectivity index (χ1n) is 9.67. The van der Waals surface area contributed by atoms with Gasteiger partial charge in [0.05, 0.1) is 4.90 Å². The van der Waals surface area contributed by atoms with E-state index in [0.717, 1.165) is 37.7 Å². The van der Waals surface area contributed by atoms with Gasteiger partial charge in [-0.3, -0.25) is 4.99 Å². The second-order valence-electron chi connectivity index (χ2n) is 6.77. The van der Waals surface area contributed by atoms with Gasteiger partial charge < -0.3 is 15.4 Å². The van der Waals surface area contributed by atoms with Crippen LogP contribution in [0.5, 0.6) is 0 Å². The maximum Gasteiger partial charge on any atom is 0.240 e. The number of guanidine groups is 1. The normalized spacial score (nSPS) is 15.0. The van der Waals surface area contributed by atoms with Gasteiger partial charge in [0.15, 0.2) is 5.96 Å². The summed E-state index contributed by atoms with van der Waals surface area (Å²) in [4.78, 5) is 4.76. The number of hydrogen-bond acceptors (Lipinski definition) is 4. The van der Waals surface area contributed by atoms with E-state index in [0.29, 0.717) is 19.0 Å². The Balaban J connectivity index is 1.66. The third-order valence-electron chi connectivity index (χ3n) is 4.15. The molecule has 1 aliphatic rings. The van der Waals surface area contributed by atoms with Crippen LogP contribution in [0.25, 0.3) is 0 Å². The summed E-state index contributed by atoms with van der Waals surface area (Å²) in [6.07, 6.45) is 3.49. The number of nitrogens with zero attached hydrogens (tertiary/aromatic N) is 1. The Labute approximate surface area is 163 Å². The lowest BCUT2D eigenvalue weighted by Crippen LogP contribution is -2.41. The Morgan fingerprint density at radius 2 is 1.93 bits per heavy atom. The molecule has 0 atom stereocenters. The average molecular weight is 397 g/mol. The van der Waals surface area contributed by atoms with Crippen LogP contribution < -0.4 is 15.4 Å². The van der Waals surface area contributed by atoms with Crippen LogP contribution in [0.2, 0.25) is 0 Å². The summed E-state index contributed by atoms with van der Waals surface area (Å²) < 4.78 is 32.7. The van der Waals surface area contributed by atoms with Crippen LogP contribution in [-0.4, -0.2) is 53.8 Å². The molecule has 1 saturated carbocycles. The Morgan fingerprint density at radius 1 is 1.19 bits per heavy atom. The molecule has 3 N–H and O–H groups in total. The minimum Gasteiger partial charge on any atom is -0.381 e. The maximum atomic E-state index is 12.2. The van der Waals surface area contributed by atoms with E-state index in [1.807, 2.05) is 13.8 Å². The van der Waals surface area contributed by atoms with Crippen molar-refractivity contribution < 1.29 is 13.2 Å². The van der Waals surface area contributed by atoms with E-state index in [9.17, 15) is 8.42 Å². The predicted molar refractivity (Wildman–Crippen MR) is 109 cm³/mol. The molecule has 8 heteroatoms. The van der Waals surface area contributed by atoms with Crippen LogP contribution in [0.4, 0.5) is 0 Å². The lowest BCUT2D eigenvalue weighted by atomic mass is 10.2. The number of aliphatic imine (C=N–C) groups is 1. The highest BCUT2D eigenvalue weighted by atomic mass is 32.2. The molecule has 0 aromatic heterocycles. The van der Waals surface area contributed by atoms with Crippen LogP contribution in [-0.2, 0) is 14.8 Å². The van der Waals surface area contributed by atoms with Crippen molar-refractivity contribution in [3.05, 3.63) is 29.8 Å². The van der Waals surface area contributed by atoms with Gasteiger partial charge in [0.2, 0.25) is 10.0 Å². The van der Waals surface area contributed by atoms with Gasteiger partial charge in [-0.25, -0.2) is 13.1 Å². The van der Waals surface area contributed by atoms with E-state index in [1.54, 1.807) is 24.3 Å². The Kier molecular flexibility index (Phi) is 9.03. The van der Waals surface area contributed by atoms with Gasteiger partial charge in [0, 0.05) is 39.4 Å². The van der Waals surface area contributed by atoms with E-state index in [1.165, 1.54) is 12.8 Å². The van der Waals surface area contributed by atoms with E-state index in [-0.39, 0.29) is 11.4 Å². The van der Waals surface area contributed by atoms with Gasteiger partial charge in [0.25, 0.3) is 0 Å². The van der Waals surface area contributed by atoms with Gasteiger partial charge in [0.1, 0.15) is 0 Å². The first-order chi connectivity index (χ1) is 13.0. The smallest absolute Gasteiger partial charge is 0.240 e. The van der Waals surface area contributed by atoms with Crippen molar-refractivity contribution in [2.24, 2.45) is 10.9 Å². The molecule has 27 heavy (non-hydrogen) atoms. The van der Waals surface area contributed by atoms with Crippen molar-refractivity contribution >= 4 is 16.0 Å². The van der Waals surface area contributed by atoms with Crippen LogP contribution in [0.3, 0.4) is 0 Å². The maximum absolute atomic E-state index is 12.2. The van der Waals surface area contributed by atoms with Crippen LogP contribution >= 0.6 is 0 Å². The van der Waals surface area contributed by atoms with Crippen molar-refractivity contribution in [3.63, 3.8) is 0 Å².